The number of rotatable bonds is 4. The van der Waals surface area contributed by atoms with Crippen molar-refractivity contribution in [3.8, 4) is 0 Å². The number of hydrogen-bond acceptors (Lipinski definition) is 2. The summed E-state index contributed by atoms with van der Waals surface area (Å²) in [4.78, 5) is 4.36. The highest BCUT2D eigenvalue weighted by molar-refractivity contribution is 7.83. The van der Waals surface area contributed by atoms with Gasteiger partial charge in [0.05, 0.1) is 0 Å². The predicted molar refractivity (Wildman–Crippen MR) is 80.4 cm³/mol. The molecular formula is C15H20N2OS. The normalized spacial score (nSPS) is 13.7. The molecule has 0 spiro atoms. The van der Waals surface area contributed by atoms with Crippen LogP contribution < -0.4 is 4.72 Å². The third kappa shape index (κ3) is 3.01. The number of pyridine rings is 1. The Balaban J connectivity index is 2.46. The Hall–Kier alpha value is -1.26. The van der Waals surface area contributed by atoms with Crippen LogP contribution in [0.3, 0.4) is 0 Å². The molecule has 0 saturated carbocycles. The van der Waals surface area contributed by atoms with Gasteiger partial charge in [-0.1, -0.05) is 31.2 Å². The average molecular weight is 276 g/mol. The van der Waals surface area contributed by atoms with Gasteiger partial charge in [0.1, 0.15) is 16.0 Å². The van der Waals surface area contributed by atoms with Crippen LogP contribution in [-0.4, -0.2) is 14.7 Å². The predicted octanol–water partition coefficient (Wildman–Crippen LogP) is 3.34. The van der Waals surface area contributed by atoms with Crippen molar-refractivity contribution < 1.29 is 4.21 Å². The molecule has 1 unspecified atom stereocenters. The van der Waals surface area contributed by atoms with Crippen molar-refractivity contribution in [1.29, 1.82) is 0 Å². The van der Waals surface area contributed by atoms with Gasteiger partial charge in [-0.25, -0.2) is 13.9 Å². The smallest absolute Gasteiger partial charge is 0.150 e. The number of aromatic nitrogens is 1. The van der Waals surface area contributed by atoms with E-state index in [1.807, 2.05) is 45.0 Å². The Morgan fingerprint density at radius 1 is 1.26 bits per heavy atom. The third-order valence-electron chi connectivity index (χ3n) is 3.39. The summed E-state index contributed by atoms with van der Waals surface area (Å²) in [5, 5.41) is 2.68. The molecule has 0 aliphatic heterocycles. The summed E-state index contributed by atoms with van der Waals surface area (Å²) < 4.78 is 15.6. The zero-order valence-corrected chi connectivity index (χ0v) is 12.7. The Kier molecular flexibility index (Phi) is 4.02. The maximum Gasteiger partial charge on any atom is 0.150 e. The molecule has 0 amide bonds. The molecule has 0 aliphatic rings. The first kappa shape index (κ1) is 14.2. The van der Waals surface area contributed by atoms with Crippen LogP contribution in [0, 0.1) is 6.92 Å². The summed E-state index contributed by atoms with van der Waals surface area (Å²) >= 11 is 0. The van der Waals surface area contributed by atoms with Crippen molar-refractivity contribution in [2.45, 2.75) is 44.7 Å². The van der Waals surface area contributed by atoms with Crippen LogP contribution in [0.25, 0.3) is 10.8 Å². The van der Waals surface area contributed by atoms with Gasteiger partial charge in [0.25, 0.3) is 0 Å². The molecule has 2 rings (SSSR count). The minimum absolute atomic E-state index is 0.168. The van der Waals surface area contributed by atoms with E-state index in [4.69, 9.17) is 0 Å². The van der Waals surface area contributed by atoms with Gasteiger partial charge < -0.3 is 0 Å². The van der Waals surface area contributed by atoms with E-state index in [1.165, 1.54) is 0 Å². The van der Waals surface area contributed by atoms with E-state index in [0.717, 1.165) is 22.8 Å². The quantitative estimate of drug-likeness (QED) is 0.930. The zero-order chi connectivity index (χ0) is 14.0. The van der Waals surface area contributed by atoms with E-state index in [0.29, 0.717) is 5.03 Å². The number of nitrogens with one attached hydrogen (secondary N) is 1. The molecule has 0 radical (unpaired) electrons. The summed E-state index contributed by atoms with van der Waals surface area (Å²) in [6, 6.07) is 7.96. The Bertz CT molecular complexity index is 623. The number of hydrogen-bond donors (Lipinski definition) is 1. The maximum atomic E-state index is 12.5. The van der Waals surface area contributed by atoms with Crippen molar-refractivity contribution in [3.05, 3.63) is 36.0 Å². The molecule has 102 valence electrons. The minimum Gasteiger partial charge on any atom is -0.245 e. The highest BCUT2D eigenvalue weighted by Crippen LogP contribution is 2.23. The SMILES string of the molecule is CCC(C)(C)NS(=O)c1ncc(C)c2ccccc12. The lowest BCUT2D eigenvalue weighted by atomic mass is 10.0. The second-order valence-corrected chi connectivity index (χ2v) is 6.53. The van der Waals surface area contributed by atoms with Crippen LogP contribution in [0.4, 0.5) is 0 Å². The Labute approximate surface area is 117 Å². The van der Waals surface area contributed by atoms with Crippen molar-refractivity contribution in [3.63, 3.8) is 0 Å². The van der Waals surface area contributed by atoms with Gasteiger partial charge in [-0.15, -0.1) is 0 Å². The molecule has 19 heavy (non-hydrogen) atoms. The highest BCUT2D eigenvalue weighted by Gasteiger charge is 2.20. The van der Waals surface area contributed by atoms with E-state index >= 15 is 0 Å². The van der Waals surface area contributed by atoms with Crippen molar-refractivity contribution in [2.75, 3.05) is 0 Å². The van der Waals surface area contributed by atoms with Crippen LogP contribution in [0.1, 0.15) is 32.8 Å². The van der Waals surface area contributed by atoms with E-state index in [9.17, 15) is 4.21 Å². The summed E-state index contributed by atoms with van der Waals surface area (Å²) in [6.07, 6.45) is 2.69. The second-order valence-electron chi connectivity index (χ2n) is 5.40. The van der Waals surface area contributed by atoms with Gasteiger partial charge >= 0.3 is 0 Å². The summed E-state index contributed by atoms with van der Waals surface area (Å²) in [7, 11) is -1.30. The molecule has 0 bridgehead atoms. The van der Waals surface area contributed by atoms with Crippen LogP contribution in [-0.2, 0) is 11.0 Å². The Morgan fingerprint density at radius 3 is 2.53 bits per heavy atom. The summed E-state index contributed by atoms with van der Waals surface area (Å²) in [5.74, 6) is 0. The molecule has 1 atom stereocenters. The number of fused-ring (bicyclic) bond motifs is 1. The first-order valence-corrected chi connectivity index (χ1v) is 7.63. The largest absolute Gasteiger partial charge is 0.245 e. The van der Waals surface area contributed by atoms with E-state index in [2.05, 4.69) is 16.6 Å². The average Bonchev–Trinajstić information content (AvgIpc) is 2.39. The number of benzene rings is 1. The fourth-order valence-corrected chi connectivity index (χ4v) is 3.10. The van der Waals surface area contributed by atoms with Gasteiger partial charge in [0.2, 0.25) is 0 Å². The van der Waals surface area contributed by atoms with E-state index in [1.54, 1.807) is 6.20 Å². The van der Waals surface area contributed by atoms with E-state index < -0.39 is 11.0 Å². The fraction of sp³-hybridized carbons (Fsp3) is 0.400. The van der Waals surface area contributed by atoms with Gasteiger partial charge in [-0.3, -0.25) is 0 Å². The van der Waals surface area contributed by atoms with Gasteiger partial charge in [-0.05, 0) is 38.1 Å². The van der Waals surface area contributed by atoms with Crippen LogP contribution >= 0.6 is 0 Å². The van der Waals surface area contributed by atoms with Gasteiger partial charge in [0, 0.05) is 17.1 Å². The first-order chi connectivity index (χ1) is 8.94. The van der Waals surface area contributed by atoms with Crippen LogP contribution in [0.5, 0.6) is 0 Å². The minimum atomic E-state index is -1.30. The molecule has 1 N–H and O–H groups in total. The third-order valence-corrected chi connectivity index (χ3v) is 4.80. The van der Waals surface area contributed by atoms with Crippen molar-refractivity contribution in [2.24, 2.45) is 0 Å². The molecule has 1 aromatic carbocycles. The molecule has 0 fully saturated rings. The van der Waals surface area contributed by atoms with Crippen LogP contribution in [0.15, 0.2) is 35.5 Å². The standard InChI is InChI=1S/C15H20N2OS/c1-5-15(3,4)17-19(18)14-13-9-7-6-8-12(13)11(2)10-16-14/h6-10,17H,5H2,1-4H3. The second kappa shape index (κ2) is 5.39. The monoisotopic (exact) mass is 276 g/mol. The lowest BCUT2D eigenvalue weighted by Gasteiger charge is -2.23. The highest BCUT2D eigenvalue weighted by atomic mass is 32.2. The van der Waals surface area contributed by atoms with Crippen molar-refractivity contribution >= 4 is 21.8 Å². The Morgan fingerprint density at radius 2 is 1.89 bits per heavy atom. The zero-order valence-electron chi connectivity index (χ0n) is 11.9. The lowest BCUT2D eigenvalue weighted by Crippen LogP contribution is -2.39. The molecule has 0 aliphatic carbocycles. The molecule has 2 aromatic rings. The molecular weight excluding hydrogens is 256 g/mol. The van der Waals surface area contributed by atoms with Gasteiger partial charge in [0.15, 0.2) is 0 Å². The van der Waals surface area contributed by atoms with Crippen LogP contribution in [0.2, 0.25) is 0 Å². The summed E-state index contributed by atoms with van der Waals surface area (Å²) in [5.41, 5.74) is 0.935. The molecule has 1 heterocycles. The topological polar surface area (TPSA) is 42.0 Å². The lowest BCUT2D eigenvalue weighted by molar-refractivity contribution is 0.454. The summed E-state index contributed by atoms with van der Waals surface area (Å²) in [6.45, 7) is 8.18. The number of nitrogens with zero attached hydrogens (tertiary/aromatic N) is 1. The molecule has 1 aromatic heterocycles. The fourth-order valence-electron chi connectivity index (χ4n) is 1.83. The van der Waals surface area contributed by atoms with Gasteiger partial charge in [-0.2, -0.15) is 0 Å². The molecule has 3 nitrogen and oxygen atoms in total. The van der Waals surface area contributed by atoms with Crippen molar-refractivity contribution in [1.82, 2.24) is 9.71 Å². The number of aryl methyl sites for hydroxylation is 1. The molecule has 4 heteroatoms. The maximum absolute atomic E-state index is 12.5. The first-order valence-electron chi connectivity index (χ1n) is 6.48. The van der Waals surface area contributed by atoms with E-state index in [-0.39, 0.29) is 5.54 Å². The molecule has 0 saturated heterocycles.